The molecule has 9 rings (SSSR count). The minimum atomic E-state index is -0.459. The lowest BCUT2D eigenvalue weighted by molar-refractivity contribution is 0.447. The average molecular weight is 1030 g/mol. The molecule has 0 aromatic heterocycles. The first-order valence-electron chi connectivity index (χ1n) is 26.8. The smallest absolute Gasteiger partial charge is 0.122 e. The zero-order chi connectivity index (χ0) is 55.7. The normalized spacial score (nSPS) is 15.1. The molecule has 2 unspecified atom stereocenters. The quantitative estimate of drug-likeness (QED) is 0.0745. The van der Waals surface area contributed by atoms with Gasteiger partial charge >= 0.3 is 0 Å². The van der Waals surface area contributed by atoms with Gasteiger partial charge in [-0.05, 0) is 126 Å². The molecule has 0 heterocycles. The van der Waals surface area contributed by atoms with Gasteiger partial charge in [-0.25, -0.2) is 0 Å². The first-order valence-corrected chi connectivity index (χ1v) is 26.8. The number of rotatable bonds is 0. The van der Waals surface area contributed by atoms with Crippen LogP contribution in [-0.4, -0.2) is 40.9 Å². The molecule has 1 aliphatic carbocycles. The first kappa shape index (κ1) is 54.0. The number of aromatic hydroxyl groups is 8. The van der Waals surface area contributed by atoms with Gasteiger partial charge in [0, 0.05) is 72.6 Å². The van der Waals surface area contributed by atoms with E-state index in [0.717, 1.165) is 44.5 Å². The van der Waals surface area contributed by atoms with E-state index < -0.39 is 11.8 Å². The summed E-state index contributed by atoms with van der Waals surface area (Å²) in [7, 11) is 0. The van der Waals surface area contributed by atoms with Gasteiger partial charge < -0.3 is 40.9 Å². The van der Waals surface area contributed by atoms with Crippen molar-refractivity contribution in [3.8, 4) is 46.0 Å². The number of fused-ring (bicyclic) bond motifs is 16. The Kier molecular flexibility index (Phi) is 14.4. The van der Waals surface area contributed by atoms with Crippen LogP contribution in [0.3, 0.4) is 0 Å². The predicted octanol–water partition coefficient (Wildman–Crippen LogP) is 14.9. The van der Waals surface area contributed by atoms with Crippen LogP contribution in [0.1, 0.15) is 180 Å². The molecule has 1 aliphatic rings. The minimum absolute atomic E-state index is 0.0687. The topological polar surface area (TPSA) is 162 Å². The molecule has 0 fully saturated rings. The molecule has 8 aromatic rings. The van der Waals surface area contributed by atoms with Crippen LogP contribution in [0.5, 0.6) is 46.0 Å². The van der Waals surface area contributed by atoms with Crippen molar-refractivity contribution in [2.45, 2.75) is 139 Å². The molecule has 0 saturated heterocycles. The van der Waals surface area contributed by atoms with Crippen molar-refractivity contribution in [2.24, 2.45) is 0 Å². The lowest BCUT2D eigenvalue weighted by Gasteiger charge is -2.24. The molecular weight excluding hydrogens is 957 g/mol. The Bertz CT molecular complexity index is 3440. The third kappa shape index (κ3) is 10.8. The van der Waals surface area contributed by atoms with E-state index in [1.165, 1.54) is 0 Å². The molecule has 0 radical (unpaired) electrons. The van der Waals surface area contributed by atoms with E-state index >= 15 is 0 Å². The fraction of sp³-hybridized carbons (Fsp3) is 0.304. The number of phenols is 8. The molecule has 8 aromatic carbocycles. The highest BCUT2D eigenvalue weighted by Crippen LogP contribution is 2.46. The maximum Gasteiger partial charge on any atom is 0.122 e. The predicted molar refractivity (Wildman–Crippen MR) is 309 cm³/mol. The molecule has 0 amide bonds. The van der Waals surface area contributed by atoms with Crippen LogP contribution < -0.4 is 0 Å². The monoisotopic (exact) mass is 1030 g/mol. The summed E-state index contributed by atoms with van der Waals surface area (Å²) in [6, 6.07) is 31.0. The van der Waals surface area contributed by atoms with E-state index in [-0.39, 0.29) is 89.9 Å². The summed E-state index contributed by atoms with van der Waals surface area (Å²) in [6.07, 6.45) is 1.27. The number of hydrogen-bond acceptors (Lipinski definition) is 8. The molecule has 398 valence electrons. The van der Waals surface area contributed by atoms with Crippen molar-refractivity contribution in [3.63, 3.8) is 0 Å². The molecule has 2 atom stereocenters. The highest BCUT2D eigenvalue weighted by atomic mass is 16.3. The second-order valence-corrected chi connectivity index (χ2v) is 23.6. The summed E-state index contributed by atoms with van der Waals surface area (Å²) in [5, 5.41) is 97.4. The van der Waals surface area contributed by atoms with Gasteiger partial charge in [0.1, 0.15) is 46.0 Å². The van der Waals surface area contributed by atoms with E-state index in [1.807, 2.05) is 159 Å². The Morgan fingerprint density at radius 1 is 0.260 bits per heavy atom. The summed E-state index contributed by atoms with van der Waals surface area (Å²) in [5.74, 6) is -0.360. The Morgan fingerprint density at radius 3 is 0.597 bits per heavy atom. The third-order valence-corrected chi connectivity index (χ3v) is 16.0. The average Bonchev–Trinajstić information content (AvgIpc) is 3.38. The highest BCUT2D eigenvalue weighted by molar-refractivity contribution is 5.61. The van der Waals surface area contributed by atoms with Crippen molar-refractivity contribution < 1.29 is 40.9 Å². The van der Waals surface area contributed by atoms with E-state index in [9.17, 15) is 40.9 Å². The largest absolute Gasteiger partial charge is 0.507 e. The van der Waals surface area contributed by atoms with Crippen molar-refractivity contribution in [3.05, 3.63) is 231 Å². The van der Waals surface area contributed by atoms with Crippen LogP contribution in [-0.2, 0) is 43.9 Å². The number of hydrogen-bond donors (Lipinski definition) is 8. The number of aryl methyl sites for hydroxylation is 7. The lowest BCUT2D eigenvalue weighted by Crippen LogP contribution is -2.13. The van der Waals surface area contributed by atoms with Crippen LogP contribution in [0.2, 0.25) is 0 Å². The fourth-order valence-electron chi connectivity index (χ4n) is 12.0. The standard InChI is InChI=1S/C69H74O8/c1-35-13-44-27-50-19-38(4)23-57(65(50)74)42(8)59-25-40(6)21-52(67(59)76)29-46-15-36(2)17-48(62(46)71)31-54-33-56(69(10,11)12)34-55(64(54)73)32-49-18-37(3)16-47(63(49)72)30-53-22-41(7)26-60(68(53)77)43(9)58-24-39(5)20-51(66(58)75)28-45(14-35)61(44)70/h13-26,33-34,42-43,70-77H,27-32H2,1-12H3. The SMILES string of the molecule is Cc1cc2c(O)c(c1)Cc1cc(C)cc(c1O)C(C)c1cc(C)cc(c1O)Cc1cc(C)cc(c1O)Cc1cc(C)cc(c1O)C(C)c1cc(C)cc(c1O)Cc1cc(C)cc(c1O)Cc1cc(C(C)(C)C)cc(c1O)C2. The molecule has 16 bridgehead atoms. The zero-order valence-corrected chi connectivity index (χ0v) is 46.7. The van der Waals surface area contributed by atoms with Gasteiger partial charge in [-0.15, -0.1) is 0 Å². The molecule has 8 nitrogen and oxygen atoms in total. The van der Waals surface area contributed by atoms with Crippen LogP contribution in [0, 0.1) is 48.5 Å². The number of benzene rings is 8. The zero-order valence-electron chi connectivity index (χ0n) is 46.7. The molecule has 8 heteroatoms. The minimum Gasteiger partial charge on any atom is -0.507 e. The van der Waals surface area contributed by atoms with Crippen molar-refractivity contribution in [1.82, 2.24) is 0 Å². The van der Waals surface area contributed by atoms with Gasteiger partial charge in [-0.2, -0.15) is 0 Å². The molecule has 8 N–H and O–H groups in total. The Hall–Kier alpha value is -7.84. The van der Waals surface area contributed by atoms with Crippen molar-refractivity contribution in [1.29, 1.82) is 0 Å². The maximum atomic E-state index is 12.3. The van der Waals surface area contributed by atoms with Crippen LogP contribution in [0.25, 0.3) is 0 Å². The maximum absolute atomic E-state index is 12.3. The summed E-state index contributed by atoms with van der Waals surface area (Å²) in [5.41, 5.74) is 16.9. The van der Waals surface area contributed by atoms with E-state index in [0.29, 0.717) is 89.0 Å². The third-order valence-electron chi connectivity index (χ3n) is 16.0. The summed E-state index contributed by atoms with van der Waals surface area (Å²) >= 11 is 0. The Balaban J connectivity index is 1.23. The van der Waals surface area contributed by atoms with Gasteiger partial charge in [0.2, 0.25) is 0 Å². The van der Waals surface area contributed by atoms with Gasteiger partial charge in [0.25, 0.3) is 0 Å². The molecule has 77 heavy (non-hydrogen) atoms. The van der Waals surface area contributed by atoms with Gasteiger partial charge in [-0.3, -0.25) is 0 Å². The van der Waals surface area contributed by atoms with Gasteiger partial charge in [0.15, 0.2) is 0 Å². The lowest BCUT2D eigenvalue weighted by atomic mass is 9.82. The van der Waals surface area contributed by atoms with Crippen molar-refractivity contribution >= 4 is 0 Å². The van der Waals surface area contributed by atoms with Gasteiger partial charge in [-0.1, -0.05) is 171 Å². The fourth-order valence-corrected chi connectivity index (χ4v) is 12.0. The first-order chi connectivity index (χ1) is 36.2. The molecule has 0 saturated carbocycles. The van der Waals surface area contributed by atoms with E-state index in [2.05, 4.69) is 20.8 Å². The number of phenolic OH excluding ortho intramolecular Hbond substituents is 8. The molecule has 0 aliphatic heterocycles. The van der Waals surface area contributed by atoms with Crippen LogP contribution in [0.4, 0.5) is 0 Å². The summed E-state index contributed by atoms with van der Waals surface area (Å²) in [4.78, 5) is 0. The Labute approximate surface area is 454 Å². The second-order valence-electron chi connectivity index (χ2n) is 23.6. The van der Waals surface area contributed by atoms with Crippen LogP contribution >= 0.6 is 0 Å². The Morgan fingerprint density at radius 2 is 0.416 bits per heavy atom. The molecule has 0 spiro atoms. The second kappa shape index (κ2) is 20.6. The van der Waals surface area contributed by atoms with E-state index in [4.69, 9.17) is 0 Å². The summed E-state index contributed by atoms with van der Waals surface area (Å²) in [6.45, 7) is 24.0. The van der Waals surface area contributed by atoms with E-state index in [1.54, 1.807) is 0 Å². The van der Waals surface area contributed by atoms with Gasteiger partial charge in [0.05, 0.1) is 0 Å². The highest BCUT2D eigenvalue weighted by Gasteiger charge is 2.27. The van der Waals surface area contributed by atoms with Crippen LogP contribution in [0.15, 0.2) is 97.1 Å². The molecular formula is C69H74O8. The van der Waals surface area contributed by atoms with Crippen molar-refractivity contribution in [2.75, 3.05) is 0 Å². The summed E-state index contributed by atoms with van der Waals surface area (Å²) < 4.78 is 0.